The van der Waals surface area contributed by atoms with E-state index >= 15 is 0 Å². The highest BCUT2D eigenvalue weighted by Crippen LogP contribution is 2.42. The molecule has 7 nitrogen and oxygen atoms in total. The van der Waals surface area contributed by atoms with E-state index in [2.05, 4.69) is 17.1 Å². The van der Waals surface area contributed by atoms with Crippen LogP contribution in [0.25, 0.3) is 10.6 Å². The molecule has 1 aromatic carbocycles. The van der Waals surface area contributed by atoms with Gasteiger partial charge in [-0.25, -0.2) is 0 Å². The number of methoxy groups -OCH3 is 3. The van der Waals surface area contributed by atoms with Crippen molar-refractivity contribution in [2.24, 2.45) is 0 Å². The maximum Gasteiger partial charge on any atom is 0.228 e. The van der Waals surface area contributed by atoms with Crippen molar-refractivity contribution >= 4 is 22.4 Å². The molecule has 2 rings (SSSR count). The summed E-state index contributed by atoms with van der Waals surface area (Å²) in [6.45, 7) is 4.59. The zero-order valence-corrected chi connectivity index (χ0v) is 16.7. The average Bonchev–Trinajstić information content (AvgIpc) is 3.16. The fourth-order valence-electron chi connectivity index (χ4n) is 2.48. The molecular weight excluding hydrogens is 354 g/mol. The molecule has 0 bridgehead atoms. The van der Waals surface area contributed by atoms with Crippen LogP contribution in [0.15, 0.2) is 12.1 Å². The van der Waals surface area contributed by atoms with Crippen LogP contribution < -0.4 is 19.1 Å². The van der Waals surface area contributed by atoms with E-state index < -0.39 is 0 Å². The van der Waals surface area contributed by atoms with Gasteiger partial charge in [-0.05, 0) is 18.6 Å². The van der Waals surface area contributed by atoms with Gasteiger partial charge in [-0.3, -0.25) is 9.69 Å². The van der Waals surface area contributed by atoms with Crippen LogP contribution in [0.4, 0.5) is 5.13 Å². The van der Waals surface area contributed by atoms with Crippen LogP contribution in [0.2, 0.25) is 0 Å². The SMILES string of the molecule is CCCCN(C(=O)CC)c1nnc(-c2cc(OC)c(OC)c(OC)c2)s1. The first-order valence-corrected chi connectivity index (χ1v) is 9.35. The number of carbonyl (C=O) groups excluding carboxylic acids is 1. The third-order valence-electron chi connectivity index (χ3n) is 3.90. The van der Waals surface area contributed by atoms with E-state index in [9.17, 15) is 4.79 Å². The van der Waals surface area contributed by atoms with Crippen molar-refractivity contribution in [3.05, 3.63) is 12.1 Å². The van der Waals surface area contributed by atoms with Crippen LogP contribution in [0.5, 0.6) is 17.2 Å². The van der Waals surface area contributed by atoms with E-state index in [0.29, 0.717) is 40.4 Å². The Morgan fingerprint density at radius 2 is 1.73 bits per heavy atom. The zero-order chi connectivity index (χ0) is 19.1. The van der Waals surface area contributed by atoms with Crippen molar-refractivity contribution in [3.63, 3.8) is 0 Å². The third-order valence-corrected chi connectivity index (χ3v) is 4.89. The number of benzene rings is 1. The molecule has 1 heterocycles. The van der Waals surface area contributed by atoms with E-state index in [1.165, 1.54) is 11.3 Å². The van der Waals surface area contributed by atoms with Gasteiger partial charge in [-0.2, -0.15) is 0 Å². The molecule has 1 aromatic heterocycles. The molecule has 0 saturated heterocycles. The van der Waals surface area contributed by atoms with Gasteiger partial charge in [0.25, 0.3) is 0 Å². The lowest BCUT2D eigenvalue weighted by molar-refractivity contribution is -0.118. The summed E-state index contributed by atoms with van der Waals surface area (Å²) in [5.41, 5.74) is 0.794. The number of unbranched alkanes of at least 4 members (excludes halogenated alkanes) is 1. The third kappa shape index (κ3) is 4.24. The van der Waals surface area contributed by atoms with Gasteiger partial charge in [0.05, 0.1) is 21.3 Å². The molecule has 0 aliphatic rings. The van der Waals surface area contributed by atoms with Gasteiger partial charge in [0.2, 0.25) is 16.8 Å². The molecule has 0 radical (unpaired) electrons. The van der Waals surface area contributed by atoms with Crippen LogP contribution in [0, 0.1) is 0 Å². The van der Waals surface area contributed by atoms with Gasteiger partial charge in [0.15, 0.2) is 11.5 Å². The molecule has 0 N–H and O–H groups in total. The summed E-state index contributed by atoms with van der Waals surface area (Å²) in [4.78, 5) is 14.0. The number of aromatic nitrogens is 2. The molecule has 0 unspecified atom stereocenters. The van der Waals surface area contributed by atoms with Crippen molar-refractivity contribution in [1.82, 2.24) is 10.2 Å². The van der Waals surface area contributed by atoms with Gasteiger partial charge >= 0.3 is 0 Å². The Kier molecular flexibility index (Phi) is 7.20. The zero-order valence-electron chi connectivity index (χ0n) is 15.9. The normalized spacial score (nSPS) is 10.5. The lowest BCUT2D eigenvalue weighted by Crippen LogP contribution is -2.31. The van der Waals surface area contributed by atoms with Crippen LogP contribution in [-0.2, 0) is 4.79 Å². The molecule has 142 valence electrons. The van der Waals surface area contributed by atoms with Crippen molar-refractivity contribution in [2.75, 3.05) is 32.8 Å². The quantitative estimate of drug-likeness (QED) is 0.660. The molecule has 0 fully saturated rings. The number of anilines is 1. The van der Waals surface area contributed by atoms with Crippen molar-refractivity contribution < 1.29 is 19.0 Å². The number of carbonyl (C=O) groups is 1. The fourth-order valence-corrected chi connectivity index (χ4v) is 3.36. The second kappa shape index (κ2) is 9.38. The largest absolute Gasteiger partial charge is 0.493 e. The lowest BCUT2D eigenvalue weighted by Gasteiger charge is -2.18. The molecule has 26 heavy (non-hydrogen) atoms. The Labute approximate surface area is 157 Å². The van der Waals surface area contributed by atoms with Gasteiger partial charge in [-0.1, -0.05) is 31.6 Å². The summed E-state index contributed by atoms with van der Waals surface area (Å²) in [6, 6.07) is 3.65. The van der Waals surface area contributed by atoms with Crippen molar-refractivity contribution in [1.29, 1.82) is 0 Å². The summed E-state index contributed by atoms with van der Waals surface area (Å²) >= 11 is 1.37. The van der Waals surface area contributed by atoms with Gasteiger partial charge in [0, 0.05) is 18.5 Å². The molecule has 0 aliphatic carbocycles. The van der Waals surface area contributed by atoms with Gasteiger partial charge in [0.1, 0.15) is 5.01 Å². The Morgan fingerprint density at radius 3 is 2.23 bits per heavy atom. The molecule has 8 heteroatoms. The smallest absolute Gasteiger partial charge is 0.228 e. The Hall–Kier alpha value is -2.35. The minimum Gasteiger partial charge on any atom is -0.493 e. The summed E-state index contributed by atoms with van der Waals surface area (Å²) in [5.74, 6) is 1.66. The summed E-state index contributed by atoms with van der Waals surface area (Å²) in [7, 11) is 4.70. The second-order valence-corrected chi connectivity index (χ2v) is 6.51. The number of rotatable bonds is 9. The number of amides is 1. The highest BCUT2D eigenvalue weighted by atomic mass is 32.1. The Balaban J connectivity index is 2.40. The van der Waals surface area contributed by atoms with Crippen molar-refractivity contribution in [2.45, 2.75) is 33.1 Å². The fraction of sp³-hybridized carbons (Fsp3) is 0.500. The first-order valence-electron chi connectivity index (χ1n) is 8.53. The monoisotopic (exact) mass is 379 g/mol. The molecule has 0 atom stereocenters. The average molecular weight is 379 g/mol. The van der Waals surface area contributed by atoms with Crippen LogP contribution in [0.3, 0.4) is 0 Å². The number of hydrogen-bond donors (Lipinski definition) is 0. The van der Waals surface area contributed by atoms with E-state index in [4.69, 9.17) is 14.2 Å². The Bertz CT molecular complexity index is 723. The minimum absolute atomic E-state index is 0.0473. The molecular formula is C18H25N3O4S. The molecule has 2 aromatic rings. The lowest BCUT2D eigenvalue weighted by atomic mass is 10.2. The molecule has 0 saturated carbocycles. The maximum absolute atomic E-state index is 12.3. The predicted octanol–water partition coefficient (Wildman–Crippen LogP) is 3.77. The van der Waals surface area contributed by atoms with Crippen LogP contribution in [-0.4, -0.2) is 44.0 Å². The molecule has 0 spiro atoms. The highest BCUT2D eigenvalue weighted by molar-refractivity contribution is 7.18. The second-order valence-electron chi connectivity index (χ2n) is 5.56. The first-order chi connectivity index (χ1) is 12.6. The van der Waals surface area contributed by atoms with Gasteiger partial charge < -0.3 is 14.2 Å². The van der Waals surface area contributed by atoms with E-state index in [-0.39, 0.29) is 5.91 Å². The molecule has 1 amide bonds. The number of nitrogens with zero attached hydrogens (tertiary/aromatic N) is 3. The van der Waals surface area contributed by atoms with E-state index in [0.717, 1.165) is 18.4 Å². The van der Waals surface area contributed by atoms with Crippen molar-refractivity contribution in [3.8, 4) is 27.8 Å². The van der Waals surface area contributed by atoms with Gasteiger partial charge in [-0.15, -0.1) is 10.2 Å². The Morgan fingerprint density at radius 1 is 1.08 bits per heavy atom. The summed E-state index contributed by atoms with van der Waals surface area (Å²) in [6.07, 6.45) is 2.36. The van der Waals surface area contributed by atoms with Crippen LogP contribution in [0.1, 0.15) is 33.1 Å². The highest BCUT2D eigenvalue weighted by Gasteiger charge is 2.21. The summed E-state index contributed by atoms with van der Waals surface area (Å²) < 4.78 is 16.1. The molecule has 0 aliphatic heterocycles. The number of hydrogen-bond acceptors (Lipinski definition) is 7. The summed E-state index contributed by atoms with van der Waals surface area (Å²) in [5, 5.41) is 9.78. The van der Waals surface area contributed by atoms with Crippen LogP contribution >= 0.6 is 11.3 Å². The van der Waals surface area contributed by atoms with E-state index in [1.807, 2.05) is 19.1 Å². The topological polar surface area (TPSA) is 73.8 Å². The first kappa shape index (κ1) is 20.0. The van der Waals surface area contributed by atoms with E-state index in [1.54, 1.807) is 26.2 Å². The number of ether oxygens (including phenoxy) is 3. The predicted molar refractivity (Wildman–Crippen MR) is 103 cm³/mol. The maximum atomic E-state index is 12.3. The minimum atomic E-state index is 0.0473. The standard InChI is InChI=1S/C18H25N3O4S/c1-6-8-9-21(15(22)7-2)18-20-19-17(26-18)12-10-13(23-3)16(25-5)14(11-12)24-4/h10-11H,6-9H2,1-5H3.